The van der Waals surface area contributed by atoms with Gasteiger partial charge in [-0.3, -0.25) is 9.59 Å². The molecule has 1 aromatic heterocycles. The fraction of sp³-hybridized carbons (Fsp3) is 0.200. The summed E-state index contributed by atoms with van der Waals surface area (Å²) in [6.45, 7) is -0.0764. The van der Waals surface area contributed by atoms with Crippen LogP contribution in [0, 0.1) is 0 Å². The number of furan rings is 1. The predicted molar refractivity (Wildman–Crippen MR) is 120 cm³/mol. The fourth-order valence-electron chi connectivity index (χ4n) is 3.11. The van der Waals surface area contributed by atoms with Crippen molar-refractivity contribution in [2.75, 3.05) is 27.8 Å². The minimum Gasteiger partial charge on any atom is -0.481 e. The smallest absolute Gasteiger partial charge is 0.307 e. The number of benzene rings is 2. The summed E-state index contributed by atoms with van der Waals surface area (Å²) in [5, 5.41) is 9.42. The zero-order valence-electron chi connectivity index (χ0n) is 18.3. The molecular weight excluding hydrogens is 428 g/mol. The summed E-state index contributed by atoms with van der Waals surface area (Å²) in [4.78, 5) is 23.8. The maximum absolute atomic E-state index is 12.3. The van der Waals surface area contributed by atoms with E-state index in [1.165, 1.54) is 20.3 Å². The van der Waals surface area contributed by atoms with Gasteiger partial charge in [-0.1, -0.05) is 30.3 Å². The molecular formula is C25H24O8. The number of carbonyl (C=O) groups is 2. The third-order valence-corrected chi connectivity index (χ3v) is 4.51. The van der Waals surface area contributed by atoms with Crippen LogP contribution in [0.2, 0.25) is 0 Å². The summed E-state index contributed by atoms with van der Waals surface area (Å²) in [7, 11) is 2.96. The number of methoxy groups -OCH3 is 2. The number of carbonyl (C=O) groups excluding carboxylic acids is 1. The van der Waals surface area contributed by atoms with Crippen LogP contribution in [0.25, 0.3) is 17.4 Å². The Morgan fingerprint density at radius 3 is 2.39 bits per heavy atom. The molecule has 0 aliphatic heterocycles. The SMILES string of the molecule is COCOc1cc(CC(=O)O)c(-c2ccc(C=CC(=O)c3ccccc3)o2)c(OCOC)c1. The van der Waals surface area contributed by atoms with Crippen molar-refractivity contribution in [1.82, 2.24) is 0 Å². The largest absolute Gasteiger partial charge is 0.481 e. The van der Waals surface area contributed by atoms with Crippen LogP contribution in [0.4, 0.5) is 0 Å². The lowest BCUT2D eigenvalue weighted by molar-refractivity contribution is -0.136. The van der Waals surface area contributed by atoms with Crippen molar-refractivity contribution >= 4 is 17.8 Å². The molecule has 0 radical (unpaired) electrons. The maximum atomic E-state index is 12.3. The average Bonchev–Trinajstić information content (AvgIpc) is 3.28. The zero-order chi connectivity index (χ0) is 23.6. The van der Waals surface area contributed by atoms with Gasteiger partial charge in [0.05, 0.1) is 12.0 Å². The number of carboxylic acid groups (broad SMARTS) is 1. The molecule has 3 rings (SSSR count). The number of rotatable bonds is 12. The van der Waals surface area contributed by atoms with Gasteiger partial charge >= 0.3 is 5.97 Å². The molecule has 0 atom stereocenters. The molecule has 33 heavy (non-hydrogen) atoms. The van der Waals surface area contributed by atoms with Gasteiger partial charge in [0.1, 0.15) is 23.0 Å². The second kappa shape index (κ2) is 11.7. The van der Waals surface area contributed by atoms with Crippen molar-refractivity contribution in [2.24, 2.45) is 0 Å². The molecule has 0 bridgehead atoms. The molecule has 0 saturated carbocycles. The topological polar surface area (TPSA) is 104 Å². The van der Waals surface area contributed by atoms with Gasteiger partial charge in [0.15, 0.2) is 19.4 Å². The zero-order valence-corrected chi connectivity index (χ0v) is 18.3. The quantitative estimate of drug-likeness (QED) is 0.244. The standard InChI is InChI=1S/C25H24O8/c1-29-15-31-20-12-18(13-24(27)28)25(23(14-20)32-16-30-2)22-11-9-19(33-22)8-10-21(26)17-6-4-3-5-7-17/h3-12,14H,13,15-16H2,1-2H3,(H,27,28). The van der Waals surface area contributed by atoms with Gasteiger partial charge in [-0.05, 0) is 35.9 Å². The van der Waals surface area contributed by atoms with Crippen LogP contribution in [-0.2, 0) is 20.7 Å². The van der Waals surface area contributed by atoms with Gasteiger partial charge in [-0.2, -0.15) is 0 Å². The lowest BCUT2D eigenvalue weighted by atomic mass is 10.0. The van der Waals surface area contributed by atoms with E-state index >= 15 is 0 Å². The lowest BCUT2D eigenvalue weighted by Crippen LogP contribution is -2.07. The van der Waals surface area contributed by atoms with E-state index < -0.39 is 5.97 Å². The van der Waals surface area contributed by atoms with Crippen LogP contribution >= 0.6 is 0 Å². The van der Waals surface area contributed by atoms with Crippen molar-refractivity contribution in [1.29, 1.82) is 0 Å². The second-order valence-electron chi connectivity index (χ2n) is 6.89. The molecule has 3 aromatic rings. The summed E-state index contributed by atoms with van der Waals surface area (Å²) >= 11 is 0. The maximum Gasteiger partial charge on any atom is 0.307 e. The third kappa shape index (κ3) is 6.55. The fourth-order valence-corrected chi connectivity index (χ4v) is 3.11. The highest BCUT2D eigenvalue weighted by molar-refractivity contribution is 6.06. The highest BCUT2D eigenvalue weighted by Crippen LogP contribution is 2.39. The molecule has 2 aromatic carbocycles. The Kier molecular flexibility index (Phi) is 8.40. The molecule has 0 fully saturated rings. The highest BCUT2D eigenvalue weighted by atomic mass is 16.7. The number of aliphatic carboxylic acids is 1. The van der Waals surface area contributed by atoms with Crippen LogP contribution in [0.1, 0.15) is 21.7 Å². The molecule has 0 aliphatic carbocycles. The van der Waals surface area contributed by atoms with Crippen LogP contribution in [-0.4, -0.2) is 44.7 Å². The average molecular weight is 452 g/mol. The molecule has 0 saturated heterocycles. The molecule has 1 N–H and O–H groups in total. The van der Waals surface area contributed by atoms with Gasteiger partial charge < -0.3 is 28.5 Å². The first-order chi connectivity index (χ1) is 16.0. The van der Waals surface area contributed by atoms with Gasteiger partial charge in [0, 0.05) is 25.8 Å². The van der Waals surface area contributed by atoms with Crippen LogP contribution in [0.5, 0.6) is 11.5 Å². The Labute approximate surface area is 191 Å². The molecule has 0 amide bonds. The molecule has 8 heteroatoms. The molecule has 0 aliphatic rings. The van der Waals surface area contributed by atoms with E-state index in [-0.39, 0.29) is 25.8 Å². The third-order valence-electron chi connectivity index (χ3n) is 4.51. The van der Waals surface area contributed by atoms with Crippen LogP contribution in [0.15, 0.2) is 65.1 Å². The summed E-state index contributed by atoms with van der Waals surface area (Å²) in [5.41, 5.74) is 1.44. The Bertz CT molecular complexity index is 1110. The monoisotopic (exact) mass is 452 g/mol. The van der Waals surface area contributed by atoms with E-state index in [4.69, 9.17) is 23.4 Å². The molecule has 1 heterocycles. The van der Waals surface area contributed by atoms with Gasteiger partial charge in [0.25, 0.3) is 0 Å². The molecule has 0 unspecified atom stereocenters. The Balaban J connectivity index is 1.96. The van der Waals surface area contributed by atoms with E-state index in [2.05, 4.69) is 0 Å². The summed E-state index contributed by atoms with van der Waals surface area (Å²) < 4.78 is 27.0. The first-order valence-electron chi connectivity index (χ1n) is 10.0. The normalized spacial score (nSPS) is 11.0. The molecule has 8 nitrogen and oxygen atoms in total. The van der Waals surface area contributed by atoms with Crippen molar-refractivity contribution in [2.45, 2.75) is 6.42 Å². The van der Waals surface area contributed by atoms with E-state index in [1.54, 1.807) is 54.6 Å². The Morgan fingerprint density at radius 1 is 0.970 bits per heavy atom. The molecule has 0 spiro atoms. The van der Waals surface area contributed by atoms with E-state index in [1.807, 2.05) is 6.07 Å². The summed E-state index contributed by atoms with van der Waals surface area (Å²) in [5.74, 6) is 0.312. The van der Waals surface area contributed by atoms with E-state index in [0.717, 1.165) is 0 Å². The van der Waals surface area contributed by atoms with Gasteiger partial charge in [0.2, 0.25) is 0 Å². The van der Waals surface area contributed by atoms with E-state index in [9.17, 15) is 14.7 Å². The minimum absolute atomic E-state index is 0.0132. The molecule has 172 valence electrons. The number of hydrogen-bond acceptors (Lipinski definition) is 7. The Morgan fingerprint density at radius 2 is 1.70 bits per heavy atom. The van der Waals surface area contributed by atoms with Gasteiger partial charge in [-0.15, -0.1) is 0 Å². The lowest BCUT2D eigenvalue weighted by Gasteiger charge is -2.16. The second-order valence-corrected chi connectivity index (χ2v) is 6.89. The number of ether oxygens (including phenoxy) is 4. The Hall–Kier alpha value is -3.88. The first kappa shape index (κ1) is 23.8. The number of carboxylic acids is 1. The summed E-state index contributed by atoms with van der Waals surface area (Å²) in [6.07, 6.45) is 2.68. The van der Waals surface area contributed by atoms with Crippen molar-refractivity contribution in [3.8, 4) is 22.8 Å². The van der Waals surface area contributed by atoms with Crippen molar-refractivity contribution < 1.29 is 38.1 Å². The highest BCUT2D eigenvalue weighted by Gasteiger charge is 2.20. The first-order valence-corrected chi connectivity index (χ1v) is 10.0. The van der Waals surface area contributed by atoms with E-state index in [0.29, 0.717) is 39.7 Å². The predicted octanol–water partition coefficient (Wildman–Crippen LogP) is 4.44. The van der Waals surface area contributed by atoms with Gasteiger partial charge in [-0.25, -0.2) is 0 Å². The van der Waals surface area contributed by atoms with Crippen molar-refractivity contribution in [3.63, 3.8) is 0 Å². The van der Waals surface area contributed by atoms with Crippen molar-refractivity contribution in [3.05, 3.63) is 77.6 Å². The van der Waals surface area contributed by atoms with Crippen LogP contribution in [0.3, 0.4) is 0 Å². The number of hydrogen-bond donors (Lipinski definition) is 1. The minimum atomic E-state index is -1.03. The number of allylic oxidation sites excluding steroid dienone is 1. The summed E-state index contributed by atoms with van der Waals surface area (Å²) in [6, 6.07) is 15.4. The number of ketones is 1. The van der Waals surface area contributed by atoms with Crippen LogP contribution < -0.4 is 9.47 Å².